The van der Waals surface area contributed by atoms with Crippen molar-refractivity contribution in [3.8, 4) is 5.75 Å². The van der Waals surface area contributed by atoms with Gasteiger partial charge in [0.2, 0.25) is 11.9 Å². The summed E-state index contributed by atoms with van der Waals surface area (Å²) in [7, 11) is -3.93. The van der Waals surface area contributed by atoms with Gasteiger partial charge in [-0.1, -0.05) is 18.2 Å². The minimum atomic E-state index is -3.93. The van der Waals surface area contributed by atoms with Gasteiger partial charge in [-0.15, -0.1) is 0 Å². The van der Waals surface area contributed by atoms with Crippen LogP contribution in [0.2, 0.25) is 0 Å². The molecule has 0 saturated carbocycles. The Morgan fingerprint density at radius 3 is 2.42 bits per heavy atom. The van der Waals surface area contributed by atoms with Crippen LogP contribution in [0.4, 0.5) is 0 Å². The van der Waals surface area contributed by atoms with Crippen LogP contribution < -0.4 is 8.91 Å². The zero-order chi connectivity index (χ0) is 14.0. The van der Waals surface area contributed by atoms with Gasteiger partial charge in [0.25, 0.3) is 0 Å². The summed E-state index contributed by atoms with van der Waals surface area (Å²) in [6.07, 6.45) is 1.09. The molecular formula is C13H13NO4S. The van der Waals surface area contributed by atoms with E-state index in [1.807, 2.05) is 0 Å². The fraction of sp³-hybridized carbons (Fsp3) is 0.154. The molecule has 1 aromatic heterocycles. The van der Waals surface area contributed by atoms with E-state index in [0.717, 1.165) is 6.20 Å². The largest absolute Gasteiger partial charge is 0.618 e. The lowest BCUT2D eigenvalue weighted by atomic mass is 10.2. The third-order valence-corrected chi connectivity index (χ3v) is 4.06. The fourth-order valence-electron chi connectivity index (χ4n) is 1.59. The first-order chi connectivity index (χ1) is 8.90. The molecule has 0 N–H and O–H groups in total. The number of nitrogens with zero attached hydrogens (tertiary/aromatic N) is 1. The van der Waals surface area contributed by atoms with Gasteiger partial charge in [-0.3, -0.25) is 0 Å². The van der Waals surface area contributed by atoms with Gasteiger partial charge in [-0.05, 0) is 24.6 Å². The molecule has 0 unspecified atom stereocenters. The molecule has 1 heterocycles. The highest BCUT2D eigenvalue weighted by Crippen LogP contribution is 2.20. The maximum Gasteiger partial charge on any atom is 0.339 e. The molecular weight excluding hydrogens is 266 g/mol. The van der Waals surface area contributed by atoms with Crippen LogP contribution in [0.1, 0.15) is 11.3 Å². The van der Waals surface area contributed by atoms with E-state index >= 15 is 0 Å². The van der Waals surface area contributed by atoms with E-state index in [2.05, 4.69) is 0 Å². The molecule has 0 spiro atoms. The third kappa shape index (κ3) is 2.85. The SMILES string of the molecule is Cc1ccccc1S(=O)(=O)Oc1ccc(C)[n+]([O-])c1. The topological polar surface area (TPSA) is 70.3 Å². The molecule has 0 bridgehead atoms. The maximum absolute atomic E-state index is 12.1. The van der Waals surface area contributed by atoms with Crippen molar-refractivity contribution < 1.29 is 17.3 Å². The van der Waals surface area contributed by atoms with E-state index in [1.54, 1.807) is 32.0 Å². The Kier molecular flexibility index (Phi) is 3.44. The number of pyridine rings is 1. The van der Waals surface area contributed by atoms with Crippen LogP contribution in [0.25, 0.3) is 0 Å². The van der Waals surface area contributed by atoms with E-state index in [9.17, 15) is 13.6 Å². The number of hydrogen-bond acceptors (Lipinski definition) is 4. The fourth-order valence-corrected chi connectivity index (χ4v) is 2.74. The highest BCUT2D eigenvalue weighted by Gasteiger charge is 2.20. The van der Waals surface area contributed by atoms with Crippen LogP contribution in [-0.4, -0.2) is 8.42 Å². The molecule has 5 nitrogen and oxygen atoms in total. The Labute approximate surface area is 111 Å². The summed E-state index contributed by atoms with van der Waals surface area (Å²) in [5.74, 6) is -0.0103. The van der Waals surface area contributed by atoms with E-state index in [-0.39, 0.29) is 10.6 Å². The molecule has 2 aromatic rings. The van der Waals surface area contributed by atoms with Gasteiger partial charge >= 0.3 is 10.1 Å². The van der Waals surface area contributed by atoms with Crippen molar-refractivity contribution in [2.45, 2.75) is 18.7 Å². The predicted molar refractivity (Wildman–Crippen MR) is 69.1 cm³/mol. The van der Waals surface area contributed by atoms with Gasteiger partial charge < -0.3 is 9.39 Å². The maximum atomic E-state index is 12.1. The second kappa shape index (κ2) is 4.89. The Balaban J connectivity index is 2.37. The van der Waals surface area contributed by atoms with Crippen molar-refractivity contribution in [3.05, 3.63) is 59.1 Å². The molecule has 0 saturated heterocycles. The molecule has 1 aromatic carbocycles. The van der Waals surface area contributed by atoms with E-state index < -0.39 is 10.1 Å². The normalized spacial score (nSPS) is 11.3. The summed E-state index contributed by atoms with van der Waals surface area (Å²) in [5, 5.41) is 11.4. The monoisotopic (exact) mass is 279 g/mol. The average molecular weight is 279 g/mol. The van der Waals surface area contributed by atoms with Crippen molar-refractivity contribution in [2.24, 2.45) is 0 Å². The van der Waals surface area contributed by atoms with Crippen LogP contribution in [0, 0.1) is 19.1 Å². The van der Waals surface area contributed by atoms with Crippen molar-refractivity contribution >= 4 is 10.1 Å². The number of aromatic nitrogens is 1. The first-order valence-corrected chi connectivity index (χ1v) is 7.01. The Hall–Kier alpha value is -2.08. The summed E-state index contributed by atoms with van der Waals surface area (Å²) < 4.78 is 29.7. The highest BCUT2D eigenvalue weighted by atomic mass is 32.2. The van der Waals surface area contributed by atoms with Crippen molar-refractivity contribution in [1.29, 1.82) is 0 Å². The molecule has 0 fully saturated rings. The first kappa shape index (κ1) is 13.4. The second-order valence-corrected chi connectivity index (χ2v) is 5.65. The molecule has 0 amide bonds. The zero-order valence-corrected chi connectivity index (χ0v) is 11.3. The number of aryl methyl sites for hydroxylation is 2. The van der Waals surface area contributed by atoms with Gasteiger partial charge in [0.05, 0.1) is 0 Å². The number of rotatable bonds is 3. The highest BCUT2D eigenvalue weighted by molar-refractivity contribution is 7.87. The summed E-state index contributed by atoms with van der Waals surface area (Å²) >= 11 is 0. The van der Waals surface area contributed by atoms with Crippen molar-refractivity contribution in [2.75, 3.05) is 0 Å². The standard InChI is InChI=1S/C13H13NO4S/c1-10-5-3-4-6-13(10)19(16,17)18-12-8-7-11(2)14(15)9-12/h3-9H,1-2H3. The lowest BCUT2D eigenvalue weighted by Gasteiger charge is -2.09. The summed E-state index contributed by atoms with van der Waals surface area (Å²) in [6.45, 7) is 3.30. The molecule has 0 aliphatic heterocycles. The number of hydrogen-bond donors (Lipinski definition) is 0. The van der Waals surface area contributed by atoms with Crippen molar-refractivity contribution in [1.82, 2.24) is 0 Å². The van der Waals surface area contributed by atoms with Gasteiger partial charge in [0.15, 0.2) is 5.69 Å². The van der Waals surface area contributed by atoms with Crippen LogP contribution in [0.15, 0.2) is 47.5 Å². The lowest BCUT2D eigenvalue weighted by Crippen LogP contribution is -2.29. The van der Waals surface area contributed by atoms with Gasteiger partial charge in [0.1, 0.15) is 4.90 Å². The van der Waals surface area contributed by atoms with Gasteiger partial charge in [-0.25, -0.2) is 0 Å². The summed E-state index contributed by atoms with van der Waals surface area (Å²) in [6, 6.07) is 9.44. The molecule has 0 radical (unpaired) electrons. The number of benzene rings is 1. The first-order valence-electron chi connectivity index (χ1n) is 5.60. The molecule has 0 aliphatic carbocycles. The molecule has 0 atom stereocenters. The molecule has 100 valence electrons. The smallest absolute Gasteiger partial charge is 0.339 e. The zero-order valence-electron chi connectivity index (χ0n) is 10.5. The predicted octanol–water partition coefficient (Wildman–Crippen LogP) is 1.70. The van der Waals surface area contributed by atoms with Crippen LogP contribution in [-0.2, 0) is 10.1 Å². The van der Waals surface area contributed by atoms with Crippen LogP contribution >= 0.6 is 0 Å². The summed E-state index contributed by atoms with van der Waals surface area (Å²) in [5.41, 5.74) is 1.05. The van der Waals surface area contributed by atoms with E-state index in [4.69, 9.17) is 4.18 Å². The Morgan fingerprint density at radius 1 is 1.11 bits per heavy atom. The van der Waals surface area contributed by atoms with Gasteiger partial charge in [0, 0.05) is 13.0 Å². The van der Waals surface area contributed by atoms with Gasteiger partial charge in [-0.2, -0.15) is 13.1 Å². The molecule has 19 heavy (non-hydrogen) atoms. The van der Waals surface area contributed by atoms with Crippen LogP contribution in [0.3, 0.4) is 0 Å². The Bertz CT molecular complexity index is 710. The van der Waals surface area contributed by atoms with E-state index in [0.29, 0.717) is 16.0 Å². The molecule has 6 heteroatoms. The molecule has 0 aliphatic rings. The van der Waals surface area contributed by atoms with Crippen LogP contribution in [0.5, 0.6) is 5.75 Å². The third-order valence-electron chi connectivity index (χ3n) is 2.65. The minimum Gasteiger partial charge on any atom is -0.618 e. The quantitative estimate of drug-likeness (QED) is 0.487. The van der Waals surface area contributed by atoms with Crippen molar-refractivity contribution in [3.63, 3.8) is 0 Å². The molecule has 2 rings (SSSR count). The second-order valence-electron chi connectivity index (χ2n) is 4.13. The Morgan fingerprint density at radius 2 is 1.79 bits per heavy atom. The summed E-state index contributed by atoms with van der Waals surface area (Å²) in [4.78, 5) is 0.0908. The average Bonchev–Trinajstić information content (AvgIpc) is 2.34. The lowest BCUT2D eigenvalue weighted by molar-refractivity contribution is -0.612. The van der Waals surface area contributed by atoms with E-state index in [1.165, 1.54) is 18.2 Å². The minimum absolute atomic E-state index is 0.0103.